The lowest BCUT2D eigenvalue weighted by Crippen LogP contribution is -2.06. The first kappa shape index (κ1) is 26.3. The zero-order valence-electron chi connectivity index (χ0n) is 22.6. The van der Waals surface area contributed by atoms with E-state index in [0.29, 0.717) is 45.6 Å². The zero-order chi connectivity index (χ0) is 29.4. The number of benzene rings is 5. The van der Waals surface area contributed by atoms with Gasteiger partial charge in [-0.1, -0.05) is 97.1 Å². The Hall–Kier alpha value is -5.63. The van der Waals surface area contributed by atoms with Crippen LogP contribution in [0.4, 0.5) is 13.2 Å². The van der Waals surface area contributed by atoms with Crippen molar-refractivity contribution in [2.45, 2.75) is 6.18 Å². The number of alkyl halides is 3. The van der Waals surface area contributed by atoms with E-state index in [0.717, 1.165) is 28.8 Å². The molecule has 0 aliphatic heterocycles. The molecule has 7 rings (SSSR count). The number of halogens is 3. The number of aromatic nitrogens is 5. The Morgan fingerprint density at radius 2 is 1.00 bits per heavy atom. The van der Waals surface area contributed by atoms with Gasteiger partial charge in [0.05, 0.1) is 16.6 Å². The Balaban J connectivity index is 1.40. The summed E-state index contributed by atoms with van der Waals surface area (Å²) >= 11 is 0. The zero-order valence-corrected chi connectivity index (χ0v) is 22.6. The SMILES string of the molecule is FC(F)(F)c1cccc(-n2c(-c3cccc(-c4nc(-c5ccccc5)nc(-c5ccccc5)n4)c3)nc3ccccc32)c1. The molecular formula is C35H22F3N5. The summed E-state index contributed by atoms with van der Waals surface area (Å²) in [5.41, 5.74) is 4.12. The maximum Gasteiger partial charge on any atom is 0.416 e. The highest BCUT2D eigenvalue weighted by Crippen LogP contribution is 2.35. The standard InChI is InChI=1S/C35H22F3N5/c36-35(37,38)27-17-10-18-28(22-27)43-30-20-8-7-19-29(30)39-34(43)26-16-9-15-25(21-26)33-41-31(23-11-3-1-4-12-23)40-32(42-33)24-13-5-2-6-14-24/h1-22H. The summed E-state index contributed by atoms with van der Waals surface area (Å²) < 4.78 is 42.7. The monoisotopic (exact) mass is 569 g/mol. The molecule has 0 aliphatic rings. The van der Waals surface area contributed by atoms with Crippen molar-refractivity contribution < 1.29 is 13.2 Å². The fraction of sp³-hybridized carbons (Fsp3) is 0.0286. The van der Waals surface area contributed by atoms with Gasteiger partial charge in [-0.2, -0.15) is 13.2 Å². The molecule has 0 spiro atoms. The number of nitrogens with zero attached hydrogens (tertiary/aromatic N) is 5. The van der Waals surface area contributed by atoms with Gasteiger partial charge in [0, 0.05) is 27.9 Å². The highest BCUT2D eigenvalue weighted by molar-refractivity contribution is 5.84. The molecule has 0 saturated carbocycles. The molecule has 5 nitrogen and oxygen atoms in total. The lowest BCUT2D eigenvalue weighted by molar-refractivity contribution is -0.137. The Labute approximate surface area is 245 Å². The maximum absolute atomic E-state index is 13.7. The van der Waals surface area contributed by atoms with Crippen molar-refractivity contribution >= 4 is 11.0 Å². The van der Waals surface area contributed by atoms with Gasteiger partial charge in [0.25, 0.3) is 0 Å². The second-order valence-corrected chi connectivity index (χ2v) is 9.93. The fourth-order valence-corrected chi connectivity index (χ4v) is 5.04. The van der Waals surface area contributed by atoms with Crippen LogP contribution in [-0.4, -0.2) is 24.5 Å². The van der Waals surface area contributed by atoms with Gasteiger partial charge in [-0.3, -0.25) is 4.57 Å². The number of hydrogen-bond donors (Lipinski definition) is 0. The predicted molar refractivity (Wildman–Crippen MR) is 161 cm³/mol. The van der Waals surface area contributed by atoms with Crippen molar-refractivity contribution in [3.8, 4) is 51.2 Å². The molecule has 0 radical (unpaired) electrons. The Bertz CT molecular complexity index is 2010. The number of rotatable bonds is 5. The van der Waals surface area contributed by atoms with Crippen LogP contribution in [0, 0.1) is 0 Å². The molecular weight excluding hydrogens is 547 g/mol. The van der Waals surface area contributed by atoms with Gasteiger partial charge in [0.15, 0.2) is 17.5 Å². The molecule has 2 heterocycles. The van der Waals surface area contributed by atoms with E-state index in [1.807, 2.05) is 109 Å². The van der Waals surface area contributed by atoms with Crippen molar-refractivity contribution in [2.24, 2.45) is 0 Å². The first-order valence-electron chi connectivity index (χ1n) is 13.6. The quantitative estimate of drug-likeness (QED) is 0.208. The summed E-state index contributed by atoms with van der Waals surface area (Å²) in [6.45, 7) is 0. The Morgan fingerprint density at radius 3 is 1.65 bits per heavy atom. The molecule has 43 heavy (non-hydrogen) atoms. The van der Waals surface area contributed by atoms with Gasteiger partial charge >= 0.3 is 6.18 Å². The summed E-state index contributed by atoms with van der Waals surface area (Å²) in [7, 11) is 0. The Kier molecular flexibility index (Phi) is 6.51. The molecule has 208 valence electrons. The van der Waals surface area contributed by atoms with Crippen molar-refractivity contribution in [1.82, 2.24) is 24.5 Å². The van der Waals surface area contributed by atoms with E-state index in [1.165, 1.54) is 6.07 Å². The number of hydrogen-bond acceptors (Lipinski definition) is 4. The second-order valence-electron chi connectivity index (χ2n) is 9.93. The average Bonchev–Trinajstić information content (AvgIpc) is 3.45. The summed E-state index contributed by atoms with van der Waals surface area (Å²) in [6.07, 6.45) is -4.47. The van der Waals surface area contributed by atoms with E-state index in [9.17, 15) is 13.2 Å². The minimum Gasteiger partial charge on any atom is -0.292 e. The van der Waals surface area contributed by atoms with Crippen LogP contribution >= 0.6 is 0 Å². The first-order chi connectivity index (χ1) is 20.9. The number of para-hydroxylation sites is 2. The summed E-state index contributed by atoms with van der Waals surface area (Å²) in [6, 6.07) is 39.6. The smallest absolute Gasteiger partial charge is 0.292 e. The van der Waals surface area contributed by atoms with E-state index in [1.54, 1.807) is 10.6 Å². The van der Waals surface area contributed by atoms with E-state index in [-0.39, 0.29) is 0 Å². The molecule has 5 aromatic carbocycles. The highest BCUT2D eigenvalue weighted by atomic mass is 19.4. The molecule has 8 heteroatoms. The highest BCUT2D eigenvalue weighted by Gasteiger charge is 2.31. The van der Waals surface area contributed by atoms with E-state index in [4.69, 9.17) is 19.9 Å². The van der Waals surface area contributed by atoms with Gasteiger partial charge in [0.1, 0.15) is 5.82 Å². The van der Waals surface area contributed by atoms with Gasteiger partial charge in [-0.15, -0.1) is 0 Å². The normalized spacial score (nSPS) is 11.6. The van der Waals surface area contributed by atoms with Crippen LogP contribution in [0.2, 0.25) is 0 Å². The minimum atomic E-state index is -4.47. The average molecular weight is 570 g/mol. The molecule has 0 fully saturated rings. The fourth-order valence-electron chi connectivity index (χ4n) is 5.04. The molecule has 0 atom stereocenters. The summed E-state index contributed by atoms with van der Waals surface area (Å²) in [5.74, 6) is 2.04. The maximum atomic E-state index is 13.7. The van der Waals surface area contributed by atoms with Crippen molar-refractivity contribution in [3.63, 3.8) is 0 Å². The third-order valence-corrected chi connectivity index (χ3v) is 7.07. The van der Waals surface area contributed by atoms with Crippen molar-refractivity contribution in [1.29, 1.82) is 0 Å². The summed E-state index contributed by atoms with van der Waals surface area (Å²) in [5, 5.41) is 0. The molecule has 0 bridgehead atoms. The lowest BCUT2D eigenvalue weighted by Gasteiger charge is -2.13. The van der Waals surface area contributed by atoms with Crippen molar-refractivity contribution in [2.75, 3.05) is 0 Å². The van der Waals surface area contributed by atoms with Gasteiger partial charge < -0.3 is 0 Å². The van der Waals surface area contributed by atoms with E-state index in [2.05, 4.69) is 0 Å². The van der Waals surface area contributed by atoms with Crippen molar-refractivity contribution in [3.05, 3.63) is 139 Å². The van der Waals surface area contributed by atoms with Gasteiger partial charge in [0.2, 0.25) is 0 Å². The van der Waals surface area contributed by atoms with Crippen LogP contribution in [-0.2, 0) is 6.18 Å². The third kappa shape index (κ3) is 5.15. The van der Waals surface area contributed by atoms with Crippen LogP contribution in [0.25, 0.3) is 62.3 Å². The molecule has 0 unspecified atom stereocenters. The van der Waals surface area contributed by atoms with E-state index >= 15 is 0 Å². The largest absolute Gasteiger partial charge is 0.416 e. The van der Waals surface area contributed by atoms with Crippen LogP contribution in [0.1, 0.15) is 5.56 Å². The van der Waals surface area contributed by atoms with E-state index < -0.39 is 11.7 Å². The topological polar surface area (TPSA) is 56.5 Å². The first-order valence-corrected chi connectivity index (χ1v) is 13.6. The molecule has 0 N–H and O–H groups in total. The predicted octanol–water partition coefficient (Wildman–Crippen LogP) is 8.90. The van der Waals surface area contributed by atoms with Crippen LogP contribution in [0.5, 0.6) is 0 Å². The van der Waals surface area contributed by atoms with Crippen LogP contribution in [0.15, 0.2) is 133 Å². The molecule has 7 aromatic rings. The van der Waals surface area contributed by atoms with Gasteiger partial charge in [-0.25, -0.2) is 19.9 Å². The molecule has 0 saturated heterocycles. The second kappa shape index (κ2) is 10.6. The summed E-state index contributed by atoms with van der Waals surface area (Å²) in [4.78, 5) is 19.2. The third-order valence-electron chi connectivity index (χ3n) is 7.07. The lowest BCUT2D eigenvalue weighted by atomic mass is 10.1. The molecule has 0 amide bonds. The molecule has 0 aliphatic carbocycles. The Morgan fingerprint density at radius 1 is 0.465 bits per heavy atom. The number of imidazole rings is 1. The minimum absolute atomic E-state index is 0.363. The number of fused-ring (bicyclic) bond motifs is 1. The van der Waals surface area contributed by atoms with Crippen LogP contribution < -0.4 is 0 Å². The molecule has 2 aromatic heterocycles. The van der Waals surface area contributed by atoms with Gasteiger partial charge in [-0.05, 0) is 36.4 Å². The van der Waals surface area contributed by atoms with Crippen LogP contribution in [0.3, 0.4) is 0 Å².